The molecule has 0 spiro atoms. The molecule has 0 aromatic carbocycles. The molecule has 0 heterocycles. The van der Waals surface area contributed by atoms with Crippen molar-refractivity contribution in [3.05, 3.63) is 0 Å². The van der Waals surface area contributed by atoms with E-state index in [-0.39, 0.29) is 24.8 Å². The molecule has 0 fully saturated rings. The number of amidine groups is 1. The van der Waals surface area contributed by atoms with Crippen LogP contribution in [0.3, 0.4) is 0 Å². The monoisotopic (exact) mass is 685 g/mol. The van der Waals surface area contributed by atoms with Gasteiger partial charge in [0.15, 0.2) is 0 Å². The lowest BCUT2D eigenvalue weighted by molar-refractivity contribution is -0.126. The van der Waals surface area contributed by atoms with E-state index in [2.05, 4.69) is 25.1 Å². The van der Waals surface area contributed by atoms with E-state index in [1.165, 1.54) is 46.7 Å². The zero-order valence-electron chi connectivity index (χ0n) is 33.2. The third-order valence-electron chi connectivity index (χ3n) is 2.81. The number of carbonyl (C=O) groups is 2. The molecule has 0 saturated heterocycles. The highest BCUT2D eigenvalue weighted by atomic mass is 31.2. The maximum absolute atomic E-state index is 10.5. The molecule has 2 amide bonds. The number of hydrogen-bond donors (Lipinski definition) is 2. The molecule has 0 bridgehead atoms. The van der Waals surface area contributed by atoms with Gasteiger partial charge in [-0.05, 0) is 75.9 Å². The molecule has 0 aromatic rings. The van der Waals surface area contributed by atoms with Gasteiger partial charge >= 0.3 is 7.60 Å². The molecule has 0 aromatic heterocycles. The fourth-order valence-corrected chi connectivity index (χ4v) is 0.952. The summed E-state index contributed by atoms with van der Waals surface area (Å²) in [5.74, 6) is 1.17. The van der Waals surface area contributed by atoms with Crippen LogP contribution >= 0.6 is 14.7 Å². The predicted molar refractivity (Wildman–Crippen MR) is 203 cm³/mol. The summed E-state index contributed by atoms with van der Waals surface area (Å²) in [5, 5.41) is 2.74. The third kappa shape index (κ3) is 165. The zero-order valence-corrected chi connectivity index (χ0v) is 35.0. The number of nitrogens with one attached hydrogen (secondary N) is 1. The summed E-state index contributed by atoms with van der Waals surface area (Å²) < 4.78 is 29.6. The van der Waals surface area contributed by atoms with Gasteiger partial charge in [0.1, 0.15) is 0 Å². The molecule has 0 unspecified atom stereocenters. The standard InChI is InChI=1S/C6H13NO.C5H12N2.C4H9NO.C3H9N.C3H9O3P.C3H9OP.2C2H6.CH5N.CH4/c1-5(8)7-6(2,3)4;1-5(6-2)7(3)4;1-4(6)5(2)3;1-4(2)3;1-5-7(3,4)6-2;1-5(2,3)4;3*1-2;/h1-4H3,(H,7,8);1-4H3;1-3H3;1-3H3;1-3H3;1-3H3;2*1-2H3;2H2,1H3;1H4. The quantitative estimate of drug-likeness (QED) is 0.192. The van der Waals surface area contributed by atoms with Crippen LogP contribution in [0.15, 0.2) is 4.99 Å². The average molecular weight is 685 g/mol. The van der Waals surface area contributed by atoms with Crippen molar-refractivity contribution in [3.8, 4) is 0 Å². The highest BCUT2D eigenvalue weighted by Crippen LogP contribution is 2.40. The highest BCUT2D eigenvalue weighted by Gasteiger charge is 2.09. The number of aliphatic imine (C=N–C) groups is 1. The molecule has 12 nitrogen and oxygen atoms in total. The fraction of sp³-hybridized carbons (Fsp3) is 0.900. The molecule has 0 atom stereocenters. The van der Waals surface area contributed by atoms with Crippen LogP contribution in [-0.2, 0) is 27.8 Å². The maximum atomic E-state index is 10.5. The normalized spacial score (nSPS) is 9.39. The lowest BCUT2D eigenvalue weighted by Gasteiger charge is -2.18. The fourth-order valence-electron chi connectivity index (χ4n) is 0.803. The molecule has 0 aliphatic heterocycles. The molecular formula is C30H82N6O6P2. The Bertz CT molecular complexity index is 673. The minimum Gasteiger partial charge on any atom is -0.367 e. The first kappa shape index (κ1) is 69.4. The Morgan fingerprint density at radius 3 is 0.932 bits per heavy atom. The highest BCUT2D eigenvalue weighted by molar-refractivity contribution is 7.61. The van der Waals surface area contributed by atoms with E-state index in [0.29, 0.717) is 0 Å². The Balaban J connectivity index is -0.0000000382. The summed E-state index contributed by atoms with van der Waals surface area (Å²) in [6, 6.07) is 0. The van der Waals surface area contributed by atoms with Crippen molar-refractivity contribution in [3.63, 3.8) is 0 Å². The first-order valence-electron chi connectivity index (χ1n) is 14.1. The SMILES string of the molecule is C.CC.CC.CC(=O)N(C)C.CC(=O)NC(C)(C)C.CN.CN(C)C.CN=C(C)N(C)C.COP(C)(=O)OC.CP(C)(C)=O. The van der Waals surface area contributed by atoms with Crippen molar-refractivity contribution in [1.82, 2.24) is 20.0 Å². The molecule has 278 valence electrons. The van der Waals surface area contributed by atoms with E-state index < -0.39 is 14.7 Å². The third-order valence-corrected chi connectivity index (χ3v) is 4.14. The van der Waals surface area contributed by atoms with Crippen LogP contribution in [0.4, 0.5) is 0 Å². The van der Waals surface area contributed by atoms with E-state index in [1.54, 1.807) is 41.1 Å². The summed E-state index contributed by atoms with van der Waals surface area (Å²) >= 11 is 0. The molecule has 0 saturated carbocycles. The van der Waals surface area contributed by atoms with Crippen LogP contribution in [0, 0.1) is 0 Å². The summed E-state index contributed by atoms with van der Waals surface area (Å²) in [5.41, 5.74) is 4.42. The Morgan fingerprint density at radius 2 is 0.932 bits per heavy atom. The number of carbonyl (C=O) groups excluding carboxylic acids is 2. The van der Waals surface area contributed by atoms with Crippen molar-refractivity contribution >= 4 is 32.4 Å². The van der Waals surface area contributed by atoms with Gasteiger partial charge in [-0.3, -0.25) is 19.1 Å². The van der Waals surface area contributed by atoms with Crippen LogP contribution < -0.4 is 11.1 Å². The van der Waals surface area contributed by atoms with Gasteiger partial charge in [-0.25, -0.2) is 0 Å². The second-order valence-corrected chi connectivity index (χ2v) is 16.4. The van der Waals surface area contributed by atoms with Crippen LogP contribution in [0.2, 0.25) is 0 Å². The summed E-state index contributed by atoms with van der Waals surface area (Å²) in [6.45, 7) is 25.5. The number of nitrogens with two attached hydrogens (primary N) is 1. The van der Waals surface area contributed by atoms with E-state index in [1.807, 2.05) is 100 Å². The summed E-state index contributed by atoms with van der Waals surface area (Å²) in [6.07, 6.45) is 0. The van der Waals surface area contributed by atoms with Gasteiger partial charge in [0.05, 0.1) is 13.0 Å². The van der Waals surface area contributed by atoms with E-state index in [4.69, 9.17) is 0 Å². The molecule has 0 radical (unpaired) electrons. The Morgan fingerprint density at radius 1 is 0.727 bits per heavy atom. The van der Waals surface area contributed by atoms with E-state index in [9.17, 15) is 18.7 Å². The second-order valence-electron chi connectivity index (χ2n) is 10.4. The van der Waals surface area contributed by atoms with Gasteiger partial charge < -0.3 is 39.4 Å². The molecule has 3 N–H and O–H groups in total. The Hall–Kier alpha value is -1.29. The van der Waals surface area contributed by atoms with Crippen LogP contribution in [0.1, 0.15) is 76.7 Å². The van der Waals surface area contributed by atoms with Crippen molar-refractivity contribution in [1.29, 1.82) is 0 Å². The molecular weight excluding hydrogens is 602 g/mol. The van der Waals surface area contributed by atoms with Gasteiger partial charge in [0, 0.05) is 75.5 Å². The van der Waals surface area contributed by atoms with Gasteiger partial charge in [-0.1, -0.05) is 35.1 Å². The summed E-state index contributed by atoms with van der Waals surface area (Å²) in [4.78, 5) is 29.8. The zero-order chi connectivity index (χ0) is 37.8. The largest absolute Gasteiger partial charge is 0.367 e. The van der Waals surface area contributed by atoms with Crippen molar-refractivity contribution in [2.24, 2.45) is 10.7 Å². The molecule has 44 heavy (non-hydrogen) atoms. The number of rotatable bonds is 2. The van der Waals surface area contributed by atoms with Crippen LogP contribution in [-0.4, -0.2) is 142 Å². The number of hydrogen-bond acceptors (Lipinski definition) is 9. The Kier molecular flexibility index (Phi) is 72.8. The molecule has 0 aliphatic carbocycles. The first-order valence-corrected chi connectivity index (χ1v) is 19.1. The lowest BCUT2D eigenvalue weighted by Crippen LogP contribution is -2.38. The lowest BCUT2D eigenvalue weighted by atomic mass is 10.1. The van der Waals surface area contributed by atoms with Gasteiger partial charge in [0.2, 0.25) is 11.8 Å². The maximum Gasteiger partial charge on any atom is 0.327 e. The molecule has 0 rings (SSSR count). The first-order chi connectivity index (χ1) is 19.1. The molecule has 0 aliphatic rings. The molecule has 14 heteroatoms. The van der Waals surface area contributed by atoms with Crippen molar-refractivity contribution in [2.45, 2.75) is 82.2 Å². The smallest absolute Gasteiger partial charge is 0.327 e. The minimum atomic E-state index is -2.65. The van der Waals surface area contributed by atoms with E-state index >= 15 is 0 Å². The Labute approximate surface area is 277 Å². The average Bonchev–Trinajstić information content (AvgIpc) is 2.85. The number of nitrogens with zero attached hydrogens (tertiary/aromatic N) is 4. The predicted octanol–water partition coefficient (Wildman–Crippen LogP) is 6.39. The van der Waals surface area contributed by atoms with Gasteiger partial charge in [-0.15, -0.1) is 0 Å². The number of amides is 2. The van der Waals surface area contributed by atoms with Crippen molar-refractivity contribution < 1.29 is 27.8 Å². The second kappa shape index (κ2) is 46.1. The van der Waals surface area contributed by atoms with Crippen LogP contribution in [0.5, 0.6) is 0 Å². The van der Waals surface area contributed by atoms with Gasteiger partial charge in [0.25, 0.3) is 0 Å². The minimum absolute atomic E-state index is 0. The summed E-state index contributed by atoms with van der Waals surface area (Å²) in [7, 11) is 15.1. The van der Waals surface area contributed by atoms with Gasteiger partial charge in [-0.2, -0.15) is 0 Å². The van der Waals surface area contributed by atoms with Crippen molar-refractivity contribution in [2.75, 3.05) is 104 Å². The topological polar surface area (TPSA) is 147 Å². The van der Waals surface area contributed by atoms with E-state index in [0.717, 1.165) is 5.84 Å². The van der Waals surface area contributed by atoms with Crippen LogP contribution in [0.25, 0.3) is 0 Å².